The van der Waals surface area contributed by atoms with Crippen molar-refractivity contribution >= 4 is 5.78 Å². The maximum atomic E-state index is 12.9. The van der Waals surface area contributed by atoms with E-state index in [2.05, 4.69) is 0 Å². The first-order chi connectivity index (χ1) is 7.40. The van der Waals surface area contributed by atoms with Crippen LogP contribution in [0.4, 0.5) is 8.78 Å². The number of hydrogen-bond donors (Lipinski definition) is 0. The number of benzene rings is 1. The lowest BCUT2D eigenvalue weighted by Crippen LogP contribution is -2.09. The Bertz CT molecular complexity index is 438. The van der Waals surface area contributed by atoms with Gasteiger partial charge in [0.15, 0.2) is 11.6 Å². The van der Waals surface area contributed by atoms with Crippen LogP contribution in [0.15, 0.2) is 18.2 Å². The van der Waals surface area contributed by atoms with E-state index in [1.165, 1.54) is 6.07 Å². The van der Waals surface area contributed by atoms with E-state index in [-0.39, 0.29) is 23.5 Å². The normalized spacial score (nSPS) is 21.9. The van der Waals surface area contributed by atoms with Crippen LogP contribution in [0.1, 0.15) is 25.8 Å². The third-order valence-electron chi connectivity index (χ3n) is 3.26. The Balaban J connectivity index is 2.05. The number of carbonyl (C=O) groups is 1. The Morgan fingerprint density at radius 1 is 1.38 bits per heavy atom. The Morgan fingerprint density at radius 2 is 2.00 bits per heavy atom. The maximum Gasteiger partial charge on any atom is 0.159 e. The third-order valence-corrected chi connectivity index (χ3v) is 3.26. The summed E-state index contributed by atoms with van der Waals surface area (Å²) >= 11 is 0. The highest BCUT2D eigenvalue weighted by atomic mass is 19.2. The number of rotatable bonds is 3. The zero-order valence-electron chi connectivity index (χ0n) is 9.39. The highest BCUT2D eigenvalue weighted by molar-refractivity contribution is 5.86. The predicted octanol–water partition coefficient (Wildman–Crippen LogP) is 3.12. The van der Waals surface area contributed by atoms with Crippen molar-refractivity contribution in [1.29, 1.82) is 0 Å². The molecule has 0 aromatic heterocycles. The zero-order valence-corrected chi connectivity index (χ0v) is 9.39. The molecule has 1 nitrogen and oxygen atoms in total. The molecule has 1 aromatic rings. The smallest absolute Gasteiger partial charge is 0.159 e. The lowest BCUT2D eigenvalue weighted by Gasteiger charge is -2.03. The number of Topliss-reactive ketones (excluding diaryl/α,β-unsaturated/α-hetero) is 1. The highest BCUT2D eigenvalue weighted by Crippen LogP contribution is 2.52. The number of carbonyl (C=O) groups excluding carboxylic acids is 1. The third kappa shape index (κ3) is 2.13. The molecule has 1 atom stereocenters. The average Bonchev–Trinajstić information content (AvgIpc) is 2.82. The van der Waals surface area contributed by atoms with Crippen molar-refractivity contribution in [2.45, 2.75) is 26.7 Å². The fourth-order valence-corrected chi connectivity index (χ4v) is 1.99. The first-order valence-electron chi connectivity index (χ1n) is 5.37. The molecule has 3 heteroatoms. The van der Waals surface area contributed by atoms with Crippen LogP contribution < -0.4 is 0 Å². The molecular weight excluding hydrogens is 210 g/mol. The molecule has 0 amide bonds. The number of ketones is 1. The second kappa shape index (κ2) is 3.65. The van der Waals surface area contributed by atoms with Crippen molar-refractivity contribution in [2.75, 3.05) is 0 Å². The summed E-state index contributed by atoms with van der Waals surface area (Å²) < 4.78 is 25.6. The van der Waals surface area contributed by atoms with E-state index in [1.807, 2.05) is 13.8 Å². The fourth-order valence-electron chi connectivity index (χ4n) is 1.99. The lowest BCUT2D eigenvalue weighted by molar-refractivity contribution is -0.120. The van der Waals surface area contributed by atoms with Gasteiger partial charge in [0.2, 0.25) is 0 Å². The first-order valence-corrected chi connectivity index (χ1v) is 5.37. The molecule has 2 rings (SSSR count). The van der Waals surface area contributed by atoms with Crippen LogP contribution in [-0.2, 0) is 11.2 Å². The van der Waals surface area contributed by atoms with Crippen LogP contribution in [0.5, 0.6) is 0 Å². The molecule has 1 fully saturated rings. The van der Waals surface area contributed by atoms with Crippen molar-refractivity contribution in [1.82, 2.24) is 0 Å². The van der Waals surface area contributed by atoms with Gasteiger partial charge in [0.1, 0.15) is 5.78 Å². The van der Waals surface area contributed by atoms with Crippen molar-refractivity contribution in [2.24, 2.45) is 11.3 Å². The molecule has 86 valence electrons. The fraction of sp³-hybridized carbons (Fsp3) is 0.462. The van der Waals surface area contributed by atoms with Gasteiger partial charge < -0.3 is 0 Å². The molecule has 0 bridgehead atoms. The van der Waals surface area contributed by atoms with E-state index in [0.29, 0.717) is 5.56 Å². The molecule has 1 aliphatic carbocycles. The van der Waals surface area contributed by atoms with Crippen molar-refractivity contribution in [3.8, 4) is 0 Å². The average molecular weight is 224 g/mol. The van der Waals surface area contributed by atoms with Crippen LogP contribution in [0, 0.1) is 23.0 Å². The molecule has 1 unspecified atom stereocenters. The minimum atomic E-state index is -0.889. The van der Waals surface area contributed by atoms with Crippen LogP contribution in [0.2, 0.25) is 0 Å². The maximum absolute atomic E-state index is 12.9. The molecule has 1 saturated carbocycles. The van der Waals surface area contributed by atoms with Gasteiger partial charge in [-0.1, -0.05) is 19.9 Å². The largest absolute Gasteiger partial charge is 0.299 e. The van der Waals surface area contributed by atoms with E-state index in [4.69, 9.17) is 0 Å². The summed E-state index contributed by atoms with van der Waals surface area (Å²) in [7, 11) is 0. The molecule has 0 aliphatic heterocycles. The standard InChI is InChI=1S/C13H14F2O/c1-13(2)7-9(13)12(16)6-8-3-4-10(14)11(15)5-8/h3-5,9H,6-7H2,1-2H3. The summed E-state index contributed by atoms with van der Waals surface area (Å²) in [4.78, 5) is 11.8. The Labute approximate surface area is 93.5 Å². The Morgan fingerprint density at radius 3 is 2.50 bits per heavy atom. The first kappa shape index (κ1) is 11.2. The molecule has 1 aromatic carbocycles. The van der Waals surface area contributed by atoms with Crippen LogP contribution in [0.3, 0.4) is 0 Å². The van der Waals surface area contributed by atoms with Gasteiger partial charge in [-0.2, -0.15) is 0 Å². The molecule has 0 heterocycles. The summed E-state index contributed by atoms with van der Waals surface area (Å²) in [6.45, 7) is 4.08. The molecular formula is C13H14F2O. The van der Waals surface area contributed by atoms with Gasteiger partial charge in [0.05, 0.1) is 0 Å². The van der Waals surface area contributed by atoms with Gasteiger partial charge in [-0.3, -0.25) is 4.79 Å². The molecule has 1 aliphatic rings. The second-order valence-corrected chi connectivity index (χ2v) is 5.14. The topological polar surface area (TPSA) is 17.1 Å². The summed E-state index contributed by atoms with van der Waals surface area (Å²) in [5.41, 5.74) is 0.641. The highest BCUT2D eigenvalue weighted by Gasteiger charge is 2.49. The van der Waals surface area contributed by atoms with E-state index < -0.39 is 11.6 Å². The Hall–Kier alpha value is -1.25. The summed E-state index contributed by atoms with van der Waals surface area (Å²) in [6.07, 6.45) is 1.10. The van der Waals surface area contributed by atoms with Gasteiger partial charge >= 0.3 is 0 Å². The van der Waals surface area contributed by atoms with Gasteiger partial charge in [0.25, 0.3) is 0 Å². The summed E-state index contributed by atoms with van der Waals surface area (Å²) in [6, 6.07) is 3.63. The van der Waals surface area contributed by atoms with Gasteiger partial charge in [0, 0.05) is 12.3 Å². The lowest BCUT2D eigenvalue weighted by atomic mass is 10.0. The van der Waals surface area contributed by atoms with E-state index >= 15 is 0 Å². The summed E-state index contributed by atoms with van der Waals surface area (Å²) in [5.74, 6) is -1.56. The minimum absolute atomic E-state index is 0.0839. The van der Waals surface area contributed by atoms with Gasteiger partial charge in [-0.25, -0.2) is 8.78 Å². The molecule has 0 N–H and O–H groups in total. The van der Waals surface area contributed by atoms with Gasteiger partial charge in [-0.05, 0) is 29.5 Å². The molecule has 16 heavy (non-hydrogen) atoms. The monoisotopic (exact) mass is 224 g/mol. The van der Waals surface area contributed by atoms with Crippen molar-refractivity contribution in [3.05, 3.63) is 35.4 Å². The SMILES string of the molecule is CC1(C)CC1C(=O)Cc1ccc(F)c(F)c1. The van der Waals surface area contributed by atoms with Crippen LogP contribution in [-0.4, -0.2) is 5.78 Å². The quantitative estimate of drug-likeness (QED) is 0.771. The zero-order chi connectivity index (χ0) is 11.9. The predicted molar refractivity (Wildman–Crippen MR) is 57.0 cm³/mol. The molecule has 0 saturated heterocycles. The summed E-state index contributed by atoms with van der Waals surface area (Å²) in [5, 5.41) is 0. The van der Waals surface area contributed by atoms with Crippen molar-refractivity contribution < 1.29 is 13.6 Å². The van der Waals surface area contributed by atoms with Crippen molar-refractivity contribution in [3.63, 3.8) is 0 Å². The Kier molecular flexibility index (Phi) is 2.56. The molecule has 0 spiro atoms. The second-order valence-electron chi connectivity index (χ2n) is 5.14. The van der Waals surface area contributed by atoms with Gasteiger partial charge in [-0.15, -0.1) is 0 Å². The van der Waals surface area contributed by atoms with E-state index in [9.17, 15) is 13.6 Å². The minimum Gasteiger partial charge on any atom is -0.299 e. The van der Waals surface area contributed by atoms with E-state index in [0.717, 1.165) is 18.6 Å². The number of hydrogen-bond acceptors (Lipinski definition) is 1. The number of halogens is 2. The van der Waals surface area contributed by atoms with Crippen LogP contribution in [0.25, 0.3) is 0 Å². The van der Waals surface area contributed by atoms with E-state index in [1.54, 1.807) is 0 Å². The van der Waals surface area contributed by atoms with Crippen LogP contribution >= 0.6 is 0 Å². The molecule has 0 radical (unpaired) electrons.